The molecule has 96 valence electrons. The molecule has 0 radical (unpaired) electrons. The van der Waals surface area contributed by atoms with Crippen molar-refractivity contribution in [1.82, 2.24) is 4.90 Å². The summed E-state index contributed by atoms with van der Waals surface area (Å²) in [5.41, 5.74) is 0.610. The molecule has 18 heavy (non-hydrogen) atoms. The third kappa shape index (κ3) is 3.28. The van der Waals surface area contributed by atoms with Crippen molar-refractivity contribution < 1.29 is 19.0 Å². The summed E-state index contributed by atoms with van der Waals surface area (Å²) in [6, 6.07) is 9.42. The van der Waals surface area contributed by atoms with E-state index in [0.717, 1.165) is 5.56 Å². The van der Waals surface area contributed by atoms with Crippen molar-refractivity contribution in [2.75, 3.05) is 13.1 Å². The highest BCUT2D eigenvalue weighted by Gasteiger charge is 2.39. The van der Waals surface area contributed by atoms with Crippen LogP contribution in [0.3, 0.4) is 0 Å². The highest BCUT2D eigenvalue weighted by molar-refractivity contribution is 7.39. The SMILES string of the molecule is O=C(OCc1ccccc1)N1CCC([P+](=O)O)C1. The van der Waals surface area contributed by atoms with E-state index in [2.05, 4.69) is 0 Å². The van der Waals surface area contributed by atoms with E-state index in [1.807, 2.05) is 30.3 Å². The molecule has 1 fully saturated rings. The molecule has 0 aliphatic carbocycles. The summed E-state index contributed by atoms with van der Waals surface area (Å²) in [4.78, 5) is 22.2. The van der Waals surface area contributed by atoms with E-state index in [0.29, 0.717) is 19.5 Å². The Morgan fingerprint density at radius 1 is 1.44 bits per heavy atom. The molecule has 1 aliphatic heterocycles. The number of ether oxygens (including phenoxy) is 1. The van der Waals surface area contributed by atoms with E-state index in [-0.39, 0.29) is 12.3 Å². The van der Waals surface area contributed by atoms with Gasteiger partial charge in [0.15, 0.2) is 0 Å². The molecule has 2 unspecified atom stereocenters. The molecule has 2 atom stereocenters. The summed E-state index contributed by atoms with van der Waals surface area (Å²) in [6.45, 7) is 1.02. The molecule has 0 aromatic heterocycles. The largest absolute Gasteiger partial charge is 0.510 e. The van der Waals surface area contributed by atoms with E-state index >= 15 is 0 Å². The van der Waals surface area contributed by atoms with Gasteiger partial charge in [-0.3, -0.25) is 0 Å². The first-order chi connectivity index (χ1) is 8.66. The number of rotatable bonds is 3. The number of hydrogen-bond donors (Lipinski definition) is 1. The molecule has 1 heterocycles. The van der Waals surface area contributed by atoms with Gasteiger partial charge in [-0.15, -0.1) is 0 Å². The third-order valence-electron chi connectivity index (χ3n) is 2.94. The van der Waals surface area contributed by atoms with Gasteiger partial charge in [0, 0.05) is 13.0 Å². The Balaban J connectivity index is 1.81. The van der Waals surface area contributed by atoms with Crippen molar-refractivity contribution in [3.8, 4) is 0 Å². The summed E-state index contributed by atoms with van der Waals surface area (Å²) in [5.74, 6) is 0. The monoisotopic (exact) mass is 268 g/mol. The Kier molecular flexibility index (Phi) is 4.28. The lowest BCUT2D eigenvalue weighted by Gasteiger charge is -2.14. The van der Waals surface area contributed by atoms with Crippen LogP contribution in [0.5, 0.6) is 0 Å². The first-order valence-electron chi connectivity index (χ1n) is 5.77. The summed E-state index contributed by atoms with van der Waals surface area (Å²) in [6.07, 6.45) is 0.143. The maximum absolute atomic E-state index is 11.7. The predicted molar refractivity (Wildman–Crippen MR) is 66.4 cm³/mol. The molecule has 0 saturated carbocycles. The fourth-order valence-electron chi connectivity index (χ4n) is 1.90. The van der Waals surface area contributed by atoms with Crippen molar-refractivity contribution >= 4 is 14.1 Å². The lowest BCUT2D eigenvalue weighted by Crippen LogP contribution is -2.29. The molecule has 6 heteroatoms. The molecule has 1 N–H and O–H groups in total. The zero-order chi connectivity index (χ0) is 13.0. The van der Waals surface area contributed by atoms with Gasteiger partial charge >= 0.3 is 14.1 Å². The van der Waals surface area contributed by atoms with Crippen LogP contribution in [0.4, 0.5) is 4.79 Å². The normalized spacial score (nSPS) is 19.7. The fourth-order valence-corrected chi connectivity index (χ4v) is 2.57. The van der Waals surface area contributed by atoms with E-state index in [1.165, 1.54) is 4.90 Å². The second-order valence-electron chi connectivity index (χ2n) is 4.23. The number of likely N-dealkylation sites (tertiary alicyclic amines) is 1. The lowest BCUT2D eigenvalue weighted by atomic mass is 10.2. The zero-order valence-corrected chi connectivity index (χ0v) is 10.8. The Labute approximate surface area is 106 Å². The van der Waals surface area contributed by atoms with Crippen LogP contribution < -0.4 is 0 Å². The van der Waals surface area contributed by atoms with Crippen LogP contribution in [0.25, 0.3) is 0 Å². The van der Waals surface area contributed by atoms with Gasteiger partial charge in [0.2, 0.25) is 5.66 Å². The Bertz CT molecular complexity index is 437. The summed E-state index contributed by atoms with van der Waals surface area (Å²) >= 11 is 0. The average Bonchev–Trinajstić information content (AvgIpc) is 2.87. The minimum Gasteiger partial charge on any atom is -0.445 e. The summed E-state index contributed by atoms with van der Waals surface area (Å²) < 4.78 is 16.1. The van der Waals surface area contributed by atoms with Crippen LogP contribution in [0, 0.1) is 0 Å². The number of amides is 1. The Morgan fingerprint density at radius 2 is 2.17 bits per heavy atom. The molecule has 5 nitrogen and oxygen atoms in total. The molecular formula is C12H15NO4P+. The van der Waals surface area contributed by atoms with E-state index in [4.69, 9.17) is 9.63 Å². The number of carbonyl (C=O) groups is 1. The van der Waals surface area contributed by atoms with Crippen LogP contribution >= 0.6 is 8.03 Å². The highest BCUT2D eigenvalue weighted by Crippen LogP contribution is 2.30. The minimum absolute atomic E-state index is 0.228. The topological polar surface area (TPSA) is 66.8 Å². The van der Waals surface area contributed by atoms with E-state index in [9.17, 15) is 9.36 Å². The molecule has 0 bridgehead atoms. The third-order valence-corrected chi connectivity index (χ3v) is 3.99. The molecular weight excluding hydrogens is 253 g/mol. The lowest BCUT2D eigenvalue weighted by molar-refractivity contribution is 0.104. The molecule has 1 aromatic rings. The summed E-state index contributed by atoms with van der Waals surface area (Å²) in [5, 5.41) is 0. The van der Waals surface area contributed by atoms with Gasteiger partial charge in [-0.1, -0.05) is 30.3 Å². The molecule has 1 aliphatic rings. The molecule has 1 aromatic carbocycles. The van der Waals surface area contributed by atoms with E-state index < -0.39 is 14.1 Å². The van der Waals surface area contributed by atoms with Crippen LogP contribution in [0.1, 0.15) is 12.0 Å². The van der Waals surface area contributed by atoms with Crippen LogP contribution in [0.15, 0.2) is 30.3 Å². The number of hydrogen-bond acceptors (Lipinski definition) is 3. The Morgan fingerprint density at radius 3 is 2.78 bits per heavy atom. The van der Waals surface area contributed by atoms with Gasteiger partial charge in [-0.25, -0.2) is 4.79 Å². The molecule has 1 amide bonds. The zero-order valence-electron chi connectivity index (χ0n) is 9.86. The van der Waals surface area contributed by atoms with Crippen LogP contribution in [-0.2, 0) is 15.9 Å². The van der Waals surface area contributed by atoms with Gasteiger partial charge in [0.05, 0.1) is 6.54 Å². The maximum atomic E-state index is 11.7. The smallest absolute Gasteiger partial charge is 0.445 e. The number of nitrogens with zero attached hydrogens (tertiary/aromatic N) is 1. The Hall–Kier alpha value is -1.45. The summed E-state index contributed by atoms with van der Waals surface area (Å²) in [7, 11) is -2.21. The quantitative estimate of drug-likeness (QED) is 0.853. The van der Waals surface area contributed by atoms with Crippen molar-refractivity contribution in [2.24, 2.45) is 0 Å². The van der Waals surface area contributed by atoms with Crippen LogP contribution in [0.2, 0.25) is 0 Å². The first kappa shape index (κ1) is 13.0. The minimum atomic E-state index is -2.21. The number of carbonyl (C=O) groups excluding carboxylic acids is 1. The van der Waals surface area contributed by atoms with Gasteiger partial charge in [-0.2, -0.15) is 4.89 Å². The second kappa shape index (κ2) is 5.94. The van der Waals surface area contributed by atoms with E-state index in [1.54, 1.807) is 0 Å². The first-order valence-corrected chi connectivity index (χ1v) is 7.06. The maximum Gasteiger partial charge on any atom is 0.510 e. The van der Waals surface area contributed by atoms with Gasteiger partial charge in [-0.05, 0) is 10.1 Å². The second-order valence-corrected chi connectivity index (χ2v) is 5.57. The standard InChI is InChI=1S/C12H14NO4P/c14-12(13-7-6-11(8-13)18(15)16)17-9-10-4-2-1-3-5-10/h1-5,11H,6-9H2/p+1. The predicted octanol–water partition coefficient (Wildman–Crippen LogP) is 2.13. The van der Waals surface area contributed by atoms with Crippen molar-refractivity contribution in [3.63, 3.8) is 0 Å². The molecule has 1 saturated heterocycles. The van der Waals surface area contributed by atoms with Crippen LogP contribution in [-0.4, -0.2) is 34.6 Å². The number of benzene rings is 1. The highest BCUT2D eigenvalue weighted by atomic mass is 31.1. The average molecular weight is 268 g/mol. The molecule has 2 rings (SSSR count). The van der Waals surface area contributed by atoms with Crippen molar-refractivity contribution in [2.45, 2.75) is 18.7 Å². The van der Waals surface area contributed by atoms with Gasteiger partial charge in [0.25, 0.3) is 0 Å². The van der Waals surface area contributed by atoms with Gasteiger partial charge < -0.3 is 9.64 Å². The van der Waals surface area contributed by atoms with Gasteiger partial charge in [0.1, 0.15) is 6.61 Å². The molecule has 0 spiro atoms. The van der Waals surface area contributed by atoms with Crippen molar-refractivity contribution in [3.05, 3.63) is 35.9 Å². The van der Waals surface area contributed by atoms with Crippen molar-refractivity contribution in [1.29, 1.82) is 0 Å². The fraction of sp³-hybridized carbons (Fsp3) is 0.417.